The maximum atomic E-state index is 13.7. The first-order chi connectivity index (χ1) is 11.0. The molecule has 2 N–H and O–H groups in total. The normalized spacial score (nSPS) is 23.7. The Balaban J connectivity index is 1.90. The summed E-state index contributed by atoms with van der Waals surface area (Å²) in [6.45, 7) is 0.953. The number of carbonyl (C=O) groups excluding carboxylic acids is 2. The molecule has 1 saturated heterocycles. The molecular weight excluding hydrogens is 295 g/mol. The molecule has 4 nitrogen and oxygen atoms in total. The maximum Gasteiger partial charge on any atom is 0.233 e. The maximum absolute atomic E-state index is 13.7. The van der Waals surface area contributed by atoms with Crippen LogP contribution in [0.2, 0.25) is 0 Å². The Hall–Kier alpha value is -1.91. The number of likely N-dealkylation sites (tertiary alicyclic amines) is 1. The minimum absolute atomic E-state index is 0.0338. The number of rotatable bonds is 3. The van der Waals surface area contributed by atoms with E-state index in [0.717, 1.165) is 37.7 Å². The minimum Gasteiger partial charge on any atom is -0.369 e. The molecule has 1 aliphatic heterocycles. The van der Waals surface area contributed by atoms with Crippen molar-refractivity contribution in [3.05, 3.63) is 35.6 Å². The Kier molecular flexibility index (Phi) is 4.37. The molecule has 3 rings (SSSR count). The van der Waals surface area contributed by atoms with E-state index in [4.69, 9.17) is 5.73 Å². The van der Waals surface area contributed by atoms with Crippen molar-refractivity contribution in [2.45, 2.75) is 43.9 Å². The first-order valence-electron chi connectivity index (χ1n) is 8.38. The second-order valence-electron chi connectivity index (χ2n) is 6.79. The van der Waals surface area contributed by atoms with Crippen LogP contribution < -0.4 is 5.73 Å². The molecule has 1 heterocycles. The second kappa shape index (κ2) is 6.30. The van der Waals surface area contributed by atoms with Crippen molar-refractivity contribution in [3.8, 4) is 0 Å². The first-order valence-corrected chi connectivity index (χ1v) is 8.38. The average molecular weight is 318 g/mol. The minimum atomic E-state index is -0.646. The highest BCUT2D eigenvalue weighted by molar-refractivity contribution is 5.89. The lowest BCUT2D eigenvalue weighted by atomic mass is 9.68. The zero-order chi connectivity index (χ0) is 16.4. The van der Waals surface area contributed by atoms with Crippen molar-refractivity contribution in [1.29, 1.82) is 0 Å². The lowest BCUT2D eigenvalue weighted by Crippen LogP contribution is -2.47. The number of primary amides is 1. The highest BCUT2D eigenvalue weighted by Gasteiger charge is 2.45. The van der Waals surface area contributed by atoms with Crippen LogP contribution in [0.5, 0.6) is 0 Å². The summed E-state index contributed by atoms with van der Waals surface area (Å²) in [5, 5.41) is 0. The zero-order valence-electron chi connectivity index (χ0n) is 13.3. The van der Waals surface area contributed by atoms with Gasteiger partial charge in [-0.15, -0.1) is 0 Å². The van der Waals surface area contributed by atoms with Crippen molar-refractivity contribution in [2.75, 3.05) is 13.1 Å². The van der Waals surface area contributed by atoms with Crippen LogP contribution in [0.1, 0.15) is 44.1 Å². The van der Waals surface area contributed by atoms with Crippen molar-refractivity contribution in [3.63, 3.8) is 0 Å². The predicted molar refractivity (Wildman–Crippen MR) is 85.0 cm³/mol. The third kappa shape index (κ3) is 2.96. The van der Waals surface area contributed by atoms with Gasteiger partial charge < -0.3 is 10.6 Å². The number of hydrogen-bond acceptors (Lipinski definition) is 2. The van der Waals surface area contributed by atoms with Crippen molar-refractivity contribution in [2.24, 2.45) is 11.7 Å². The van der Waals surface area contributed by atoms with Gasteiger partial charge in [0.1, 0.15) is 5.82 Å². The number of amides is 2. The van der Waals surface area contributed by atoms with E-state index >= 15 is 0 Å². The molecule has 1 saturated carbocycles. The highest BCUT2D eigenvalue weighted by Crippen LogP contribution is 2.42. The molecule has 0 spiro atoms. The first kappa shape index (κ1) is 16.0. The molecule has 0 aromatic heterocycles. The summed E-state index contributed by atoms with van der Waals surface area (Å²) in [4.78, 5) is 26.4. The van der Waals surface area contributed by atoms with Crippen LogP contribution in [0, 0.1) is 11.7 Å². The molecular formula is C18H23FN2O2. The summed E-state index contributed by atoms with van der Waals surface area (Å²) < 4.78 is 13.7. The molecule has 5 heteroatoms. The molecule has 1 aliphatic carbocycles. The molecule has 1 aromatic rings. The largest absolute Gasteiger partial charge is 0.369 e. The summed E-state index contributed by atoms with van der Waals surface area (Å²) in [6, 6.07) is 6.42. The summed E-state index contributed by atoms with van der Waals surface area (Å²) in [5.74, 6) is -0.876. The van der Waals surface area contributed by atoms with Crippen LogP contribution in [0.15, 0.2) is 24.3 Å². The van der Waals surface area contributed by atoms with E-state index in [2.05, 4.69) is 0 Å². The van der Waals surface area contributed by atoms with Gasteiger partial charge >= 0.3 is 0 Å². The van der Waals surface area contributed by atoms with Gasteiger partial charge in [0.2, 0.25) is 11.8 Å². The van der Waals surface area contributed by atoms with Gasteiger partial charge in [-0.1, -0.05) is 31.4 Å². The molecule has 0 radical (unpaired) electrons. The molecule has 0 unspecified atom stereocenters. The van der Waals surface area contributed by atoms with Gasteiger partial charge in [-0.2, -0.15) is 0 Å². The summed E-state index contributed by atoms with van der Waals surface area (Å²) >= 11 is 0. The molecule has 1 aromatic carbocycles. The van der Waals surface area contributed by atoms with E-state index in [0.29, 0.717) is 19.5 Å². The van der Waals surface area contributed by atoms with Crippen LogP contribution in [0.4, 0.5) is 4.39 Å². The summed E-state index contributed by atoms with van der Waals surface area (Å²) in [6.07, 6.45) is 5.15. The monoisotopic (exact) mass is 318 g/mol. The van der Waals surface area contributed by atoms with Gasteiger partial charge in [-0.05, 0) is 37.0 Å². The van der Waals surface area contributed by atoms with Crippen LogP contribution in [-0.4, -0.2) is 29.8 Å². The fraction of sp³-hybridized carbons (Fsp3) is 0.556. The SMILES string of the molecule is NC(=O)[C@@H]1CCN(C(=O)C2(c3cccc(F)c3)CCCCC2)C1. The Morgan fingerprint density at radius 3 is 2.57 bits per heavy atom. The third-order valence-corrected chi connectivity index (χ3v) is 5.37. The number of carbonyl (C=O) groups is 2. The van der Waals surface area contributed by atoms with E-state index in [1.807, 2.05) is 6.07 Å². The van der Waals surface area contributed by atoms with Crippen LogP contribution in [0.3, 0.4) is 0 Å². The average Bonchev–Trinajstić information content (AvgIpc) is 3.05. The number of hydrogen-bond donors (Lipinski definition) is 1. The lowest BCUT2D eigenvalue weighted by Gasteiger charge is -2.39. The van der Waals surface area contributed by atoms with Gasteiger partial charge in [0.05, 0.1) is 11.3 Å². The molecule has 124 valence electrons. The Bertz CT molecular complexity index is 611. The summed E-state index contributed by atoms with van der Waals surface area (Å²) in [5.41, 5.74) is 5.50. The van der Waals surface area contributed by atoms with Gasteiger partial charge in [0.15, 0.2) is 0 Å². The second-order valence-corrected chi connectivity index (χ2v) is 6.79. The topological polar surface area (TPSA) is 63.4 Å². The highest BCUT2D eigenvalue weighted by atomic mass is 19.1. The number of halogens is 1. The molecule has 1 atom stereocenters. The van der Waals surface area contributed by atoms with E-state index in [9.17, 15) is 14.0 Å². The fourth-order valence-corrected chi connectivity index (χ4v) is 4.05. The quantitative estimate of drug-likeness (QED) is 0.930. The number of benzene rings is 1. The molecule has 2 fully saturated rings. The number of nitrogens with zero attached hydrogens (tertiary/aromatic N) is 1. The van der Waals surface area contributed by atoms with E-state index < -0.39 is 5.41 Å². The van der Waals surface area contributed by atoms with Gasteiger partial charge in [-0.25, -0.2) is 4.39 Å². The number of nitrogens with two attached hydrogens (primary N) is 1. The third-order valence-electron chi connectivity index (χ3n) is 5.37. The molecule has 23 heavy (non-hydrogen) atoms. The standard InChI is InChI=1S/C18H23FN2O2/c19-15-6-4-5-14(11-15)18(8-2-1-3-9-18)17(23)21-10-7-13(12-21)16(20)22/h4-6,11,13H,1-3,7-10,12H2,(H2,20,22)/t13-/m1/s1. The van der Waals surface area contributed by atoms with E-state index in [1.165, 1.54) is 12.1 Å². The van der Waals surface area contributed by atoms with E-state index in [-0.39, 0.29) is 23.5 Å². The zero-order valence-corrected chi connectivity index (χ0v) is 13.3. The summed E-state index contributed by atoms with van der Waals surface area (Å²) in [7, 11) is 0. The van der Waals surface area contributed by atoms with Gasteiger partial charge in [-0.3, -0.25) is 9.59 Å². The van der Waals surface area contributed by atoms with Crippen molar-refractivity contribution >= 4 is 11.8 Å². The van der Waals surface area contributed by atoms with Crippen LogP contribution >= 0.6 is 0 Å². The Labute approximate surface area is 135 Å². The Morgan fingerprint density at radius 2 is 1.96 bits per heavy atom. The van der Waals surface area contributed by atoms with Crippen molar-refractivity contribution in [1.82, 2.24) is 4.90 Å². The smallest absolute Gasteiger partial charge is 0.233 e. The Morgan fingerprint density at radius 1 is 1.22 bits per heavy atom. The predicted octanol–water partition coefficient (Wildman–Crippen LogP) is 2.36. The lowest BCUT2D eigenvalue weighted by molar-refractivity contribution is -0.138. The van der Waals surface area contributed by atoms with Gasteiger partial charge in [0.25, 0.3) is 0 Å². The fourth-order valence-electron chi connectivity index (χ4n) is 4.05. The molecule has 2 aliphatic rings. The van der Waals surface area contributed by atoms with Crippen LogP contribution in [-0.2, 0) is 15.0 Å². The van der Waals surface area contributed by atoms with E-state index in [1.54, 1.807) is 11.0 Å². The molecule has 0 bridgehead atoms. The van der Waals surface area contributed by atoms with Gasteiger partial charge in [0, 0.05) is 13.1 Å². The van der Waals surface area contributed by atoms with Crippen molar-refractivity contribution < 1.29 is 14.0 Å². The van der Waals surface area contributed by atoms with Crippen LogP contribution in [0.25, 0.3) is 0 Å². The molecule has 2 amide bonds.